The molecule has 0 saturated carbocycles. The van der Waals surface area contributed by atoms with Crippen LogP contribution < -0.4 is 5.32 Å². The standard InChI is InChI=1S/C12H16ClNS/c1-9-12(3-2-8-15-9)14-11-6-4-10(13)5-7-11/h4-7,9,12,14H,2-3,8H2,1H3. The van der Waals surface area contributed by atoms with Gasteiger partial charge in [-0.2, -0.15) is 11.8 Å². The van der Waals surface area contributed by atoms with E-state index in [2.05, 4.69) is 24.0 Å². The SMILES string of the molecule is CC1SCCCC1Nc1ccc(Cl)cc1. The number of rotatable bonds is 2. The van der Waals surface area contributed by atoms with Crippen LogP contribution in [0.5, 0.6) is 0 Å². The van der Waals surface area contributed by atoms with Crippen LogP contribution in [0, 0.1) is 0 Å². The van der Waals surface area contributed by atoms with Crippen molar-refractivity contribution in [1.29, 1.82) is 0 Å². The van der Waals surface area contributed by atoms with Gasteiger partial charge in [-0.05, 0) is 42.9 Å². The Morgan fingerprint density at radius 1 is 1.33 bits per heavy atom. The van der Waals surface area contributed by atoms with Crippen LogP contribution in [0.2, 0.25) is 5.02 Å². The zero-order chi connectivity index (χ0) is 10.7. The third-order valence-electron chi connectivity index (χ3n) is 2.80. The first-order chi connectivity index (χ1) is 7.25. The summed E-state index contributed by atoms with van der Waals surface area (Å²) in [5.74, 6) is 1.31. The highest BCUT2D eigenvalue weighted by Gasteiger charge is 2.21. The molecular formula is C12H16ClNS. The van der Waals surface area contributed by atoms with E-state index in [1.54, 1.807) is 0 Å². The number of hydrogen-bond donors (Lipinski definition) is 1. The number of halogens is 1. The molecule has 3 heteroatoms. The van der Waals surface area contributed by atoms with E-state index in [0.717, 1.165) is 5.02 Å². The predicted octanol–water partition coefficient (Wildman–Crippen LogP) is 4.04. The topological polar surface area (TPSA) is 12.0 Å². The van der Waals surface area contributed by atoms with Gasteiger partial charge >= 0.3 is 0 Å². The van der Waals surface area contributed by atoms with Gasteiger partial charge in [0.05, 0.1) is 0 Å². The van der Waals surface area contributed by atoms with Crippen molar-refractivity contribution in [2.75, 3.05) is 11.1 Å². The van der Waals surface area contributed by atoms with Crippen molar-refractivity contribution in [3.63, 3.8) is 0 Å². The minimum Gasteiger partial charge on any atom is -0.381 e. The van der Waals surface area contributed by atoms with Crippen LogP contribution in [0.25, 0.3) is 0 Å². The second kappa shape index (κ2) is 5.13. The smallest absolute Gasteiger partial charge is 0.0407 e. The molecule has 0 spiro atoms. The quantitative estimate of drug-likeness (QED) is 0.839. The molecule has 1 heterocycles. The molecule has 2 unspecified atom stereocenters. The molecule has 0 amide bonds. The third-order valence-corrected chi connectivity index (χ3v) is 4.43. The summed E-state index contributed by atoms with van der Waals surface area (Å²) in [6.07, 6.45) is 2.59. The van der Waals surface area contributed by atoms with Crippen molar-refractivity contribution >= 4 is 29.1 Å². The summed E-state index contributed by atoms with van der Waals surface area (Å²) in [4.78, 5) is 0. The molecule has 1 aliphatic rings. The van der Waals surface area contributed by atoms with E-state index in [9.17, 15) is 0 Å². The van der Waals surface area contributed by atoms with Crippen LogP contribution in [-0.2, 0) is 0 Å². The third kappa shape index (κ3) is 3.05. The van der Waals surface area contributed by atoms with Gasteiger partial charge in [-0.3, -0.25) is 0 Å². The van der Waals surface area contributed by atoms with Gasteiger partial charge in [0.15, 0.2) is 0 Å². The molecule has 1 aliphatic heterocycles. The fourth-order valence-corrected chi connectivity index (χ4v) is 3.14. The van der Waals surface area contributed by atoms with E-state index in [1.807, 2.05) is 24.3 Å². The maximum atomic E-state index is 5.85. The lowest BCUT2D eigenvalue weighted by Crippen LogP contribution is -2.32. The second-order valence-electron chi connectivity index (χ2n) is 3.98. The molecule has 1 aromatic rings. The van der Waals surface area contributed by atoms with E-state index in [0.29, 0.717) is 11.3 Å². The highest BCUT2D eigenvalue weighted by atomic mass is 35.5. The van der Waals surface area contributed by atoms with Gasteiger partial charge < -0.3 is 5.32 Å². The summed E-state index contributed by atoms with van der Waals surface area (Å²) in [6, 6.07) is 8.57. The molecule has 0 bridgehead atoms. The molecule has 1 saturated heterocycles. The van der Waals surface area contributed by atoms with E-state index in [1.165, 1.54) is 24.3 Å². The number of nitrogens with one attached hydrogen (secondary N) is 1. The number of anilines is 1. The molecular weight excluding hydrogens is 226 g/mol. The van der Waals surface area contributed by atoms with Crippen molar-refractivity contribution < 1.29 is 0 Å². The van der Waals surface area contributed by atoms with Crippen LogP contribution in [0.1, 0.15) is 19.8 Å². The van der Waals surface area contributed by atoms with E-state index < -0.39 is 0 Å². The summed E-state index contributed by atoms with van der Waals surface area (Å²) >= 11 is 7.91. The van der Waals surface area contributed by atoms with Gasteiger partial charge in [0, 0.05) is 22.0 Å². The van der Waals surface area contributed by atoms with Crippen molar-refractivity contribution in [3.05, 3.63) is 29.3 Å². The van der Waals surface area contributed by atoms with Gasteiger partial charge in [-0.15, -0.1) is 0 Å². The lowest BCUT2D eigenvalue weighted by atomic mass is 10.1. The van der Waals surface area contributed by atoms with E-state index in [-0.39, 0.29) is 0 Å². The van der Waals surface area contributed by atoms with Crippen molar-refractivity contribution in [2.24, 2.45) is 0 Å². The Kier molecular flexibility index (Phi) is 3.81. The second-order valence-corrected chi connectivity index (χ2v) is 5.90. The summed E-state index contributed by atoms with van der Waals surface area (Å²) in [6.45, 7) is 2.30. The molecule has 2 rings (SSSR count). The molecule has 1 N–H and O–H groups in total. The van der Waals surface area contributed by atoms with Crippen molar-refractivity contribution in [3.8, 4) is 0 Å². The van der Waals surface area contributed by atoms with Crippen LogP contribution in [0.4, 0.5) is 5.69 Å². The molecule has 15 heavy (non-hydrogen) atoms. The Hall–Kier alpha value is -0.340. The lowest BCUT2D eigenvalue weighted by molar-refractivity contribution is 0.617. The highest BCUT2D eigenvalue weighted by Crippen LogP contribution is 2.27. The zero-order valence-corrected chi connectivity index (χ0v) is 10.4. The first kappa shape index (κ1) is 11.2. The Morgan fingerprint density at radius 2 is 2.07 bits per heavy atom. The minimum absolute atomic E-state index is 0.602. The van der Waals surface area contributed by atoms with Gasteiger partial charge in [0.2, 0.25) is 0 Å². The molecule has 2 atom stereocenters. The first-order valence-corrected chi connectivity index (χ1v) is 6.82. The lowest BCUT2D eigenvalue weighted by Gasteiger charge is -2.29. The monoisotopic (exact) mass is 241 g/mol. The van der Waals surface area contributed by atoms with E-state index in [4.69, 9.17) is 11.6 Å². The van der Waals surface area contributed by atoms with Crippen molar-refractivity contribution in [2.45, 2.75) is 31.1 Å². The van der Waals surface area contributed by atoms with Crippen LogP contribution in [0.15, 0.2) is 24.3 Å². The van der Waals surface area contributed by atoms with Gasteiger partial charge in [0.25, 0.3) is 0 Å². The predicted molar refractivity (Wildman–Crippen MR) is 70.0 cm³/mol. The van der Waals surface area contributed by atoms with Crippen molar-refractivity contribution in [1.82, 2.24) is 0 Å². The van der Waals surface area contributed by atoms with Crippen LogP contribution >= 0.6 is 23.4 Å². The first-order valence-electron chi connectivity index (χ1n) is 5.39. The average molecular weight is 242 g/mol. The summed E-state index contributed by atoms with van der Waals surface area (Å²) in [5.41, 5.74) is 1.18. The number of hydrogen-bond acceptors (Lipinski definition) is 2. The molecule has 1 fully saturated rings. The zero-order valence-electron chi connectivity index (χ0n) is 8.87. The Morgan fingerprint density at radius 3 is 2.73 bits per heavy atom. The van der Waals surface area contributed by atoms with Gasteiger partial charge in [0.1, 0.15) is 0 Å². The molecule has 0 aromatic heterocycles. The molecule has 0 aliphatic carbocycles. The number of benzene rings is 1. The fourth-order valence-electron chi connectivity index (χ4n) is 1.87. The maximum absolute atomic E-state index is 5.85. The van der Waals surface area contributed by atoms with Crippen LogP contribution in [0.3, 0.4) is 0 Å². The summed E-state index contributed by atoms with van der Waals surface area (Å²) in [7, 11) is 0. The Bertz CT molecular complexity index is 312. The molecule has 0 radical (unpaired) electrons. The average Bonchev–Trinajstić information content (AvgIpc) is 2.25. The van der Waals surface area contributed by atoms with Gasteiger partial charge in [-0.1, -0.05) is 18.5 Å². The molecule has 82 valence electrons. The summed E-state index contributed by atoms with van der Waals surface area (Å²) < 4.78 is 0. The minimum atomic E-state index is 0.602. The van der Waals surface area contributed by atoms with Gasteiger partial charge in [-0.25, -0.2) is 0 Å². The molecule has 1 nitrogen and oxygen atoms in total. The summed E-state index contributed by atoms with van der Waals surface area (Å²) in [5, 5.41) is 5.08. The maximum Gasteiger partial charge on any atom is 0.0407 e. The normalized spacial score (nSPS) is 26.3. The Labute approximate surface area is 101 Å². The molecule has 1 aromatic carbocycles. The largest absolute Gasteiger partial charge is 0.381 e. The highest BCUT2D eigenvalue weighted by molar-refractivity contribution is 8.00. The fraction of sp³-hybridized carbons (Fsp3) is 0.500. The van der Waals surface area contributed by atoms with E-state index >= 15 is 0 Å². The number of thioether (sulfide) groups is 1. The van der Waals surface area contributed by atoms with Crippen LogP contribution in [-0.4, -0.2) is 17.0 Å². The Balaban J connectivity index is 1.98.